The Balaban J connectivity index is 1.48. The number of piperidine rings is 1. The molecule has 3 aromatic heterocycles. The maximum absolute atomic E-state index is 12.6. The number of hydrogen-bond donors (Lipinski definition) is 2. The van der Waals surface area contributed by atoms with Gasteiger partial charge in [0.25, 0.3) is 5.91 Å². The predicted octanol–water partition coefficient (Wildman–Crippen LogP) is 2.25. The highest BCUT2D eigenvalue weighted by Gasteiger charge is 2.21. The molecule has 8 heteroatoms. The average molecular weight is 370 g/mol. The van der Waals surface area contributed by atoms with Gasteiger partial charge >= 0.3 is 0 Å². The second-order valence-electron chi connectivity index (χ2n) is 6.60. The van der Waals surface area contributed by atoms with Crippen LogP contribution in [-0.4, -0.2) is 51.1 Å². The van der Waals surface area contributed by atoms with Crippen molar-refractivity contribution in [3.8, 4) is 11.1 Å². The van der Waals surface area contributed by atoms with Crippen LogP contribution in [0.3, 0.4) is 0 Å². The summed E-state index contributed by atoms with van der Waals surface area (Å²) in [6.45, 7) is 5.26. The van der Waals surface area contributed by atoms with Crippen molar-refractivity contribution in [2.24, 2.45) is 0 Å². The van der Waals surface area contributed by atoms with Crippen molar-refractivity contribution in [1.29, 1.82) is 0 Å². The second kappa shape index (κ2) is 7.05. The molecule has 1 fully saturated rings. The number of rotatable bonds is 4. The highest BCUT2D eigenvalue weighted by atomic mass is 32.1. The van der Waals surface area contributed by atoms with E-state index in [1.165, 1.54) is 11.3 Å². The Morgan fingerprint density at radius 3 is 3.15 bits per heavy atom. The van der Waals surface area contributed by atoms with Crippen molar-refractivity contribution in [2.75, 3.05) is 25.4 Å². The molecule has 1 aliphatic rings. The molecular weight excluding hydrogens is 348 g/mol. The number of nitrogens with one attached hydrogen (secondary N) is 1. The van der Waals surface area contributed by atoms with Crippen LogP contribution in [0.25, 0.3) is 16.8 Å². The van der Waals surface area contributed by atoms with Crippen LogP contribution in [-0.2, 0) is 0 Å². The van der Waals surface area contributed by atoms with Crippen LogP contribution < -0.4 is 11.1 Å². The lowest BCUT2D eigenvalue weighted by molar-refractivity contribution is 0.0910. The van der Waals surface area contributed by atoms with Gasteiger partial charge in [-0.25, -0.2) is 4.52 Å². The third kappa shape index (κ3) is 3.42. The Labute approximate surface area is 155 Å². The van der Waals surface area contributed by atoms with E-state index in [2.05, 4.69) is 27.2 Å². The van der Waals surface area contributed by atoms with E-state index in [-0.39, 0.29) is 17.9 Å². The van der Waals surface area contributed by atoms with Gasteiger partial charge in [0.2, 0.25) is 5.95 Å². The third-order valence-corrected chi connectivity index (χ3v) is 5.72. The minimum Gasteiger partial charge on any atom is -0.366 e. The summed E-state index contributed by atoms with van der Waals surface area (Å²) in [5.41, 5.74) is 8.31. The minimum atomic E-state index is 0.00952. The summed E-state index contributed by atoms with van der Waals surface area (Å²) in [5.74, 6) is 0.261. The molecule has 3 N–H and O–H groups in total. The SMILES string of the molecule is CCN1CCC[C@@H](NC(=O)c2cc(-c3ccc4nc(N)nn4c3)cs2)C1. The zero-order valence-electron chi connectivity index (χ0n) is 14.7. The zero-order chi connectivity index (χ0) is 18.1. The van der Waals surface area contributed by atoms with Crippen molar-refractivity contribution in [3.63, 3.8) is 0 Å². The number of anilines is 1. The first-order valence-electron chi connectivity index (χ1n) is 8.86. The van der Waals surface area contributed by atoms with Gasteiger partial charge in [-0.3, -0.25) is 4.79 Å². The number of fused-ring (bicyclic) bond motifs is 1. The molecule has 26 heavy (non-hydrogen) atoms. The number of carbonyl (C=O) groups excluding carboxylic acids is 1. The number of likely N-dealkylation sites (tertiary alicyclic amines) is 1. The van der Waals surface area contributed by atoms with E-state index in [4.69, 9.17) is 5.73 Å². The van der Waals surface area contributed by atoms with Gasteiger partial charge in [0.05, 0.1) is 4.88 Å². The summed E-state index contributed by atoms with van der Waals surface area (Å²) in [6.07, 6.45) is 4.06. The topological polar surface area (TPSA) is 88.5 Å². The molecule has 3 aromatic rings. The maximum atomic E-state index is 12.6. The van der Waals surface area contributed by atoms with Gasteiger partial charge in [0.1, 0.15) is 0 Å². The largest absolute Gasteiger partial charge is 0.366 e. The van der Waals surface area contributed by atoms with Gasteiger partial charge in [0.15, 0.2) is 5.65 Å². The molecule has 136 valence electrons. The number of pyridine rings is 1. The smallest absolute Gasteiger partial charge is 0.261 e. The van der Waals surface area contributed by atoms with Crippen molar-refractivity contribution >= 4 is 28.8 Å². The first kappa shape index (κ1) is 17.0. The summed E-state index contributed by atoms with van der Waals surface area (Å²) in [6, 6.07) is 6.00. The third-order valence-electron chi connectivity index (χ3n) is 4.79. The van der Waals surface area contributed by atoms with Crippen LogP contribution in [0.1, 0.15) is 29.4 Å². The highest BCUT2D eigenvalue weighted by molar-refractivity contribution is 7.12. The summed E-state index contributed by atoms with van der Waals surface area (Å²) < 4.78 is 1.66. The minimum absolute atomic E-state index is 0.00952. The van der Waals surface area contributed by atoms with Crippen molar-refractivity contribution in [2.45, 2.75) is 25.8 Å². The average Bonchev–Trinajstić information content (AvgIpc) is 3.27. The second-order valence-corrected chi connectivity index (χ2v) is 7.51. The van der Waals surface area contributed by atoms with Crippen LogP contribution >= 0.6 is 11.3 Å². The number of likely N-dealkylation sites (N-methyl/N-ethyl adjacent to an activating group) is 1. The van der Waals surface area contributed by atoms with E-state index in [1.807, 2.05) is 29.8 Å². The molecule has 1 saturated heterocycles. The van der Waals surface area contributed by atoms with Crippen molar-refractivity contribution < 1.29 is 4.79 Å². The number of thiophene rings is 1. The number of nitrogen functional groups attached to an aromatic ring is 1. The van der Waals surface area contributed by atoms with Crippen molar-refractivity contribution in [3.05, 3.63) is 34.7 Å². The van der Waals surface area contributed by atoms with Crippen LogP contribution in [0.15, 0.2) is 29.8 Å². The Morgan fingerprint density at radius 2 is 2.31 bits per heavy atom. The molecule has 4 heterocycles. The standard InChI is InChI=1S/C18H22N6OS/c1-2-23-7-3-4-14(10-23)20-17(25)15-8-13(11-26-15)12-5-6-16-21-18(19)22-24(16)9-12/h5-6,8-9,11,14H,2-4,7,10H2,1H3,(H2,19,22)(H,20,25)/t14-/m1/s1. The van der Waals surface area contributed by atoms with Gasteiger partial charge in [-0.15, -0.1) is 16.4 Å². The summed E-state index contributed by atoms with van der Waals surface area (Å²) in [4.78, 5) is 19.8. The molecule has 0 radical (unpaired) electrons. The number of carbonyl (C=O) groups is 1. The molecule has 0 bridgehead atoms. The van der Waals surface area contributed by atoms with E-state index in [1.54, 1.807) is 4.52 Å². The van der Waals surface area contributed by atoms with Gasteiger partial charge in [0, 0.05) is 24.3 Å². The van der Waals surface area contributed by atoms with E-state index in [0.29, 0.717) is 5.65 Å². The van der Waals surface area contributed by atoms with E-state index >= 15 is 0 Å². The van der Waals surface area contributed by atoms with E-state index in [9.17, 15) is 4.79 Å². The lowest BCUT2D eigenvalue weighted by Gasteiger charge is -2.32. The fourth-order valence-corrected chi connectivity index (χ4v) is 4.21. The van der Waals surface area contributed by atoms with Crippen LogP contribution in [0.4, 0.5) is 5.95 Å². The molecule has 1 aliphatic heterocycles. The first-order valence-corrected chi connectivity index (χ1v) is 9.74. The molecule has 7 nitrogen and oxygen atoms in total. The normalized spacial score (nSPS) is 18.3. The Kier molecular flexibility index (Phi) is 4.60. The van der Waals surface area contributed by atoms with Crippen molar-refractivity contribution in [1.82, 2.24) is 24.8 Å². The fourth-order valence-electron chi connectivity index (χ4n) is 3.39. The van der Waals surface area contributed by atoms with Crippen LogP contribution in [0.2, 0.25) is 0 Å². The van der Waals surface area contributed by atoms with Crippen LogP contribution in [0.5, 0.6) is 0 Å². The Bertz CT molecular complexity index is 933. The molecule has 0 spiro atoms. The quantitative estimate of drug-likeness (QED) is 0.735. The molecule has 1 amide bonds. The van der Waals surface area contributed by atoms with Gasteiger partial charge in [-0.1, -0.05) is 6.92 Å². The number of nitrogens with zero attached hydrogens (tertiary/aromatic N) is 4. The lowest BCUT2D eigenvalue weighted by Crippen LogP contribution is -2.47. The van der Waals surface area contributed by atoms with Gasteiger partial charge in [-0.05, 0) is 55.1 Å². The van der Waals surface area contributed by atoms with E-state index < -0.39 is 0 Å². The lowest BCUT2D eigenvalue weighted by atomic mass is 10.1. The number of hydrogen-bond acceptors (Lipinski definition) is 6. The van der Waals surface area contributed by atoms with Gasteiger partial charge < -0.3 is 16.0 Å². The summed E-state index contributed by atoms with van der Waals surface area (Å²) in [7, 11) is 0. The Morgan fingerprint density at radius 1 is 1.42 bits per heavy atom. The molecule has 1 atom stereocenters. The fraction of sp³-hybridized carbons (Fsp3) is 0.389. The number of amides is 1. The highest BCUT2D eigenvalue weighted by Crippen LogP contribution is 2.26. The maximum Gasteiger partial charge on any atom is 0.261 e. The number of nitrogens with two attached hydrogens (primary N) is 1. The summed E-state index contributed by atoms with van der Waals surface area (Å²) in [5, 5.41) is 9.32. The summed E-state index contributed by atoms with van der Waals surface area (Å²) >= 11 is 1.46. The monoisotopic (exact) mass is 370 g/mol. The van der Waals surface area contributed by atoms with Crippen LogP contribution in [0, 0.1) is 0 Å². The molecule has 4 rings (SSSR count). The first-order chi connectivity index (χ1) is 12.6. The molecular formula is C18H22N6OS. The molecule has 0 unspecified atom stereocenters. The molecule has 0 aromatic carbocycles. The zero-order valence-corrected chi connectivity index (χ0v) is 15.5. The Hall–Kier alpha value is -2.45. The molecule has 0 aliphatic carbocycles. The van der Waals surface area contributed by atoms with Gasteiger partial charge in [-0.2, -0.15) is 4.98 Å². The molecule has 0 saturated carbocycles. The number of aromatic nitrogens is 3. The predicted molar refractivity (Wildman–Crippen MR) is 103 cm³/mol. The van der Waals surface area contributed by atoms with E-state index in [0.717, 1.165) is 48.5 Å².